The van der Waals surface area contributed by atoms with Gasteiger partial charge in [0.05, 0.1) is 7.11 Å². The number of hydrogen-bond acceptors (Lipinski definition) is 4. The van der Waals surface area contributed by atoms with Crippen LogP contribution in [0.1, 0.15) is 24.6 Å². The third kappa shape index (κ3) is 2.61. The van der Waals surface area contributed by atoms with Crippen molar-refractivity contribution < 1.29 is 4.74 Å². The molecule has 0 bridgehead atoms. The van der Waals surface area contributed by atoms with Crippen molar-refractivity contribution in [3.05, 3.63) is 30.1 Å². The first-order valence-electron chi connectivity index (χ1n) is 6.64. The van der Waals surface area contributed by atoms with Gasteiger partial charge in [-0.3, -0.25) is 5.10 Å². The van der Waals surface area contributed by atoms with Crippen LogP contribution in [0.15, 0.2) is 24.3 Å². The summed E-state index contributed by atoms with van der Waals surface area (Å²) < 4.78 is 5.22. The maximum Gasteiger partial charge on any atom is 0.181 e. The molecule has 1 aromatic carbocycles. The van der Waals surface area contributed by atoms with Crippen molar-refractivity contribution in [2.24, 2.45) is 0 Å². The molecule has 1 aliphatic rings. The number of aromatic amines is 1. The van der Waals surface area contributed by atoms with Crippen LogP contribution in [-0.2, 0) is 0 Å². The number of rotatable bonds is 3. The number of methoxy groups -OCH3 is 1. The third-order valence-electron chi connectivity index (χ3n) is 3.51. The molecule has 19 heavy (non-hydrogen) atoms. The van der Waals surface area contributed by atoms with Crippen molar-refractivity contribution in [1.29, 1.82) is 0 Å². The highest BCUT2D eigenvalue weighted by atomic mass is 16.5. The summed E-state index contributed by atoms with van der Waals surface area (Å²) in [6, 6.07) is 7.81. The molecule has 0 radical (unpaired) electrons. The Kier molecular flexibility index (Phi) is 3.46. The normalized spacial score (nSPS) is 19.3. The Bertz CT molecular complexity index is 546. The standard InChI is InChI=1S/C14H18N4O/c1-19-12-6-2-4-10(8-12)13-16-14(18-17-13)11-5-3-7-15-9-11/h2,4,6,8,11,15H,3,5,7,9H2,1H3,(H,16,17,18). The Hall–Kier alpha value is -1.88. The van der Waals surface area contributed by atoms with Crippen molar-refractivity contribution in [3.8, 4) is 17.1 Å². The lowest BCUT2D eigenvalue weighted by Crippen LogP contribution is -2.28. The third-order valence-corrected chi connectivity index (χ3v) is 3.51. The van der Waals surface area contributed by atoms with E-state index in [9.17, 15) is 0 Å². The number of piperidine rings is 1. The van der Waals surface area contributed by atoms with Crippen LogP contribution in [0.5, 0.6) is 5.75 Å². The zero-order valence-corrected chi connectivity index (χ0v) is 11.0. The molecule has 1 fully saturated rings. The van der Waals surface area contributed by atoms with E-state index in [1.54, 1.807) is 7.11 Å². The molecule has 0 spiro atoms. The first-order chi connectivity index (χ1) is 9.36. The minimum Gasteiger partial charge on any atom is -0.497 e. The zero-order valence-electron chi connectivity index (χ0n) is 11.0. The lowest BCUT2D eigenvalue weighted by molar-refractivity contribution is 0.415. The first-order valence-corrected chi connectivity index (χ1v) is 6.64. The maximum absolute atomic E-state index is 5.22. The van der Waals surface area contributed by atoms with Gasteiger partial charge in [-0.15, -0.1) is 0 Å². The van der Waals surface area contributed by atoms with Gasteiger partial charge in [0, 0.05) is 18.0 Å². The maximum atomic E-state index is 5.22. The molecule has 2 N–H and O–H groups in total. The lowest BCUT2D eigenvalue weighted by atomic mass is 9.99. The van der Waals surface area contributed by atoms with E-state index >= 15 is 0 Å². The van der Waals surface area contributed by atoms with Gasteiger partial charge < -0.3 is 10.1 Å². The van der Waals surface area contributed by atoms with Crippen molar-refractivity contribution >= 4 is 0 Å². The molecule has 0 saturated carbocycles. The van der Waals surface area contributed by atoms with E-state index in [1.165, 1.54) is 12.8 Å². The van der Waals surface area contributed by atoms with Gasteiger partial charge in [0.15, 0.2) is 5.82 Å². The highest BCUT2D eigenvalue weighted by molar-refractivity contribution is 5.57. The van der Waals surface area contributed by atoms with Crippen LogP contribution in [0.25, 0.3) is 11.4 Å². The summed E-state index contributed by atoms with van der Waals surface area (Å²) in [7, 11) is 1.66. The van der Waals surface area contributed by atoms with Gasteiger partial charge in [0.25, 0.3) is 0 Å². The minimum absolute atomic E-state index is 0.445. The Morgan fingerprint density at radius 2 is 2.32 bits per heavy atom. The number of H-pyrrole nitrogens is 1. The number of benzene rings is 1. The van der Waals surface area contributed by atoms with Gasteiger partial charge in [0.2, 0.25) is 0 Å². The fourth-order valence-electron chi connectivity index (χ4n) is 2.43. The van der Waals surface area contributed by atoms with Crippen LogP contribution >= 0.6 is 0 Å². The summed E-state index contributed by atoms with van der Waals surface area (Å²) in [5, 5.41) is 10.8. The largest absolute Gasteiger partial charge is 0.497 e. The summed E-state index contributed by atoms with van der Waals surface area (Å²) in [5.74, 6) is 2.98. The highest BCUT2D eigenvalue weighted by Gasteiger charge is 2.19. The van der Waals surface area contributed by atoms with Crippen molar-refractivity contribution in [3.63, 3.8) is 0 Å². The van der Waals surface area contributed by atoms with Crippen molar-refractivity contribution in [2.75, 3.05) is 20.2 Å². The average Bonchev–Trinajstić information content (AvgIpc) is 2.98. The molecule has 1 saturated heterocycles. The lowest BCUT2D eigenvalue weighted by Gasteiger charge is -2.20. The molecule has 0 aliphatic carbocycles. The Balaban J connectivity index is 1.83. The first kappa shape index (κ1) is 12.2. The van der Waals surface area contributed by atoms with E-state index in [-0.39, 0.29) is 0 Å². The highest BCUT2D eigenvalue weighted by Crippen LogP contribution is 2.24. The monoisotopic (exact) mass is 258 g/mol. The number of ether oxygens (including phenoxy) is 1. The van der Waals surface area contributed by atoms with E-state index < -0.39 is 0 Å². The second-order valence-corrected chi connectivity index (χ2v) is 4.82. The molecule has 1 aromatic heterocycles. The smallest absolute Gasteiger partial charge is 0.181 e. The topological polar surface area (TPSA) is 62.8 Å². The molecule has 5 nitrogen and oxygen atoms in total. The summed E-state index contributed by atoms with van der Waals surface area (Å²) in [6.07, 6.45) is 2.36. The predicted octanol–water partition coefficient (Wildman–Crippen LogP) is 1.95. The van der Waals surface area contributed by atoms with Crippen LogP contribution < -0.4 is 10.1 Å². The fraction of sp³-hybridized carbons (Fsp3) is 0.429. The molecule has 2 heterocycles. The van der Waals surface area contributed by atoms with Gasteiger partial charge in [-0.05, 0) is 31.5 Å². The van der Waals surface area contributed by atoms with E-state index in [0.717, 1.165) is 36.1 Å². The molecule has 1 unspecified atom stereocenters. The van der Waals surface area contributed by atoms with Crippen molar-refractivity contribution in [2.45, 2.75) is 18.8 Å². The van der Waals surface area contributed by atoms with Gasteiger partial charge in [-0.25, -0.2) is 4.98 Å². The van der Waals surface area contributed by atoms with Crippen LogP contribution in [0, 0.1) is 0 Å². The molecule has 5 heteroatoms. The van der Waals surface area contributed by atoms with Crippen LogP contribution in [0.4, 0.5) is 0 Å². The predicted molar refractivity (Wildman–Crippen MR) is 73.2 cm³/mol. The second kappa shape index (κ2) is 5.40. The van der Waals surface area contributed by atoms with E-state index in [0.29, 0.717) is 5.92 Å². The molecule has 100 valence electrons. The van der Waals surface area contributed by atoms with Gasteiger partial charge in [-0.1, -0.05) is 12.1 Å². The quantitative estimate of drug-likeness (QED) is 0.883. The van der Waals surface area contributed by atoms with Gasteiger partial charge in [-0.2, -0.15) is 5.10 Å². The Labute approximate surface area is 112 Å². The summed E-state index contributed by atoms with van der Waals surface area (Å²) in [6.45, 7) is 2.08. The number of nitrogens with zero attached hydrogens (tertiary/aromatic N) is 2. The molecule has 1 aliphatic heterocycles. The second-order valence-electron chi connectivity index (χ2n) is 4.82. The average molecular weight is 258 g/mol. The summed E-state index contributed by atoms with van der Waals surface area (Å²) >= 11 is 0. The number of hydrogen-bond donors (Lipinski definition) is 2. The SMILES string of the molecule is COc1cccc(-c2n[nH]c(C3CCCNC3)n2)c1. The van der Waals surface area contributed by atoms with Crippen LogP contribution in [-0.4, -0.2) is 35.4 Å². The van der Waals surface area contributed by atoms with E-state index in [1.807, 2.05) is 24.3 Å². The van der Waals surface area contributed by atoms with E-state index in [4.69, 9.17) is 4.74 Å². The van der Waals surface area contributed by atoms with E-state index in [2.05, 4.69) is 20.5 Å². The molecule has 1 atom stereocenters. The number of nitrogens with one attached hydrogen (secondary N) is 2. The zero-order chi connectivity index (χ0) is 13.1. The summed E-state index contributed by atoms with van der Waals surface area (Å²) in [5.41, 5.74) is 0.977. The molecule has 3 rings (SSSR count). The summed E-state index contributed by atoms with van der Waals surface area (Å²) in [4.78, 5) is 4.62. The van der Waals surface area contributed by atoms with Crippen LogP contribution in [0.3, 0.4) is 0 Å². The Morgan fingerprint density at radius 3 is 3.11 bits per heavy atom. The van der Waals surface area contributed by atoms with Gasteiger partial charge >= 0.3 is 0 Å². The number of aromatic nitrogens is 3. The molecule has 2 aromatic rings. The minimum atomic E-state index is 0.445. The Morgan fingerprint density at radius 1 is 1.37 bits per heavy atom. The van der Waals surface area contributed by atoms with Gasteiger partial charge in [0.1, 0.15) is 11.6 Å². The molecular weight excluding hydrogens is 240 g/mol. The fourth-order valence-corrected chi connectivity index (χ4v) is 2.43. The molecule has 0 amide bonds. The van der Waals surface area contributed by atoms with Crippen LogP contribution in [0.2, 0.25) is 0 Å². The molecular formula is C14H18N4O. The van der Waals surface area contributed by atoms with Crippen molar-refractivity contribution in [1.82, 2.24) is 20.5 Å².